The molecule has 0 unspecified atom stereocenters. The molecule has 0 spiro atoms. The lowest BCUT2D eigenvalue weighted by atomic mass is 10.00. The summed E-state index contributed by atoms with van der Waals surface area (Å²) in [5.41, 5.74) is 1.84. The number of hydrazone groups is 1. The SMILES string of the molecule is O=C1CCC(c2ccc3ccccc3c2)=NN1[C@@H]1CCS(=O)(=O)C1. The van der Waals surface area contributed by atoms with Crippen molar-refractivity contribution < 1.29 is 13.2 Å². The molecule has 0 radical (unpaired) electrons. The largest absolute Gasteiger partial charge is 0.273 e. The predicted molar refractivity (Wildman–Crippen MR) is 93.6 cm³/mol. The molecule has 124 valence electrons. The lowest BCUT2D eigenvalue weighted by Crippen LogP contribution is -2.40. The molecule has 1 saturated heterocycles. The molecule has 0 saturated carbocycles. The minimum atomic E-state index is -3.04. The van der Waals surface area contributed by atoms with Crippen LogP contribution < -0.4 is 0 Å². The molecule has 2 aliphatic heterocycles. The maximum Gasteiger partial charge on any atom is 0.243 e. The lowest BCUT2D eigenvalue weighted by molar-refractivity contribution is -0.133. The van der Waals surface area contributed by atoms with Crippen LogP contribution in [0, 0.1) is 0 Å². The van der Waals surface area contributed by atoms with Crippen LogP contribution in [0.5, 0.6) is 0 Å². The standard InChI is InChI=1S/C18H18N2O3S/c21-18-8-7-17(19-20(18)16-9-10-24(22,23)12-16)15-6-5-13-3-1-2-4-14(13)11-15/h1-6,11,16H,7-10,12H2/t16-/m1/s1. The molecule has 0 N–H and O–H groups in total. The first kappa shape index (κ1) is 15.3. The maximum atomic E-state index is 12.2. The topological polar surface area (TPSA) is 66.8 Å². The van der Waals surface area contributed by atoms with Gasteiger partial charge in [-0.05, 0) is 28.8 Å². The van der Waals surface area contributed by atoms with Gasteiger partial charge in [-0.25, -0.2) is 13.4 Å². The van der Waals surface area contributed by atoms with Gasteiger partial charge in [0.15, 0.2) is 9.84 Å². The zero-order chi connectivity index (χ0) is 16.7. The van der Waals surface area contributed by atoms with Crippen molar-refractivity contribution in [2.75, 3.05) is 11.5 Å². The normalized spacial score (nSPS) is 23.5. The van der Waals surface area contributed by atoms with Crippen LogP contribution in [0.2, 0.25) is 0 Å². The highest BCUT2D eigenvalue weighted by molar-refractivity contribution is 7.91. The summed E-state index contributed by atoms with van der Waals surface area (Å²) in [4.78, 5) is 12.2. The number of amides is 1. The molecule has 2 heterocycles. The summed E-state index contributed by atoms with van der Waals surface area (Å²) in [6, 6.07) is 13.9. The molecule has 4 rings (SSSR count). The second-order valence-electron chi connectivity index (χ2n) is 6.40. The molecule has 2 aliphatic rings. The van der Waals surface area contributed by atoms with Crippen molar-refractivity contribution in [1.82, 2.24) is 5.01 Å². The molecule has 24 heavy (non-hydrogen) atoms. The van der Waals surface area contributed by atoms with Gasteiger partial charge in [-0.3, -0.25) is 4.79 Å². The van der Waals surface area contributed by atoms with E-state index >= 15 is 0 Å². The van der Waals surface area contributed by atoms with E-state index in [1.54, 1.807) is 0 Å². The first-order chi connectivity index (χ1) is 11.5. The average molecular weight is 342 g/mol. The summed E-state index contributed by atoms with van der Waals surface area (Å²) < 4.78 is 23.4. The van der Waals surface area contributed by atoms with Crippen LogP contribution in [-0.4, -0.2) is 42.6 Å². The summed E-state index contributed by atoms with van der Waals surface area (Å²) in [7, 11) is -3.04. The summed E-state index contributed by atoms with van der Waals surface area (Å²) in [5, 5.41) is 8.23. The van der Waals surface area contributed by atoms with E-state index in [4.69, 9.17) is 0 Å². The highest BCUT2D eigenvalue weighted by atomic mass is 32.2. The van der Waals surface area contributed by atoms with Crippen molar-refractivity contribution >= 4 is 32.2 Å². The number of sulfone groups is 1. The fourth-order valence-corrected chi connectivity index (χ4v) is 5.09. The highest BCUT2D eigenvalue weighted by Crippen LogP contribution is 2.25. The molecule has 1 fully saturated rings. The molecule has 2 aromatic carbocycles. The van der Waals surface area contributed by atoms with Crippen LogP contribution in [0.1, 0.15) is 24.8 Å². The van der Waals surface area contributed by atoms with Gasteiger partial charge in [-0.1, -0.05) is 36.4 Å². The molecule has 1 amide bonds. The first-order valence-electron chi connectivity index (χ1n) is 8.11. The summed E-state index contributed by atoms with van der Waals surface area (Å²) >= 11 is 0. The van der Waals surface area contributed by atoms with E-state index in [9.17, 15) is 13.2 Å². The van der Waals surface area contributed by atoms with E-state index in [0.29, 0.717) is 19.3 Å². The molecule has 5 nitrogen and oxygen atoms in total. The Kier molecular flexibility index (Phi) is 3.64. The first-order valence-corrected chi connectivity index (χ1v) is 9.93. The Morgan fingerprint density at radius 3 is 2.58 bits per heavy atom. The summed E-state index contributed by atoms with van der Waals surface area (Å²) in [6.07, 6.45) is 1.44. The van der Waals surface area contributed by atoms with Crippen LogP contribution >= 0.6 is 0 Å². The van der Waals surface area contributed by atoms with Gasteiger partial charge in [0.2, 0.25) is 5.91 Å². The monoisotopic (exact) mass is 342 g/mol. The second kappa shape index (κ2) is 5.70. The number of hydrogen-bond acceptors (Lipinski definition) is 4. The molecule has 0 bridgehead atoms. The van der Waals surface area contributed by atoms with Crippen molar-refractivity contribution in [1.29, 1.82) is 0 Å². The summed E-state index contributed by atoms with van der Waals surface area (Å²) in [6.45, 7) is 0. The van der Waals surface area contributed by atoms with E-state index in [1.807, 2.05) is 24.3 Å². The Balaban J connectivity index is 1.68. The third-order valence-corrected chi connectivity index (χ3v) is 6.45. The van der Waals surface area contributed by atoms with Crippen molar-refractivity contribution in [3.8, 4) is 0 Å². The van der Waals surface area contributed by atoms with Gasteiger partial charge < -0.3 is 0 Å². The maximum absolute atomic E-state index is 12.2. The Labute approximate surface area is 140 Å². The van der Waals surface area contributed by atoms with Crippen LogP contribution in [0.3, 0.4) is 0 Å². The van der Waals surface area contributed by atoms with Gasteiger partial charge in [0.25, 0.3) is 0 Å². The van der Waals surface area contributed by atoms with E-state index in [-0.39, 0.29) is 23.5 Å². The van der Waals surface area contributed by atoms with E-state index < -0.39 is 9.84 Å². The van der Waals surface area contributed by atoms with Crippen LogP contribution in [0.25, 0.3) is 10.8 Å². The van der Waals surface area contributed by atoms with Crippen molar-refractivity contribution in [3.63, 3.8) is 0 Å². The number of carbonyl (C=O) groups excluding carboxylic acids is 1. The number of rotatable bonds is 2. The quantitative estimate of drug-likeness (QED) is 0.841. The van der Waals surface area contributed by atoms with E-state index in [1.165, 1.54) is 5.01 Å². The minimum Gasteiger partial charge on any atom is -0.273 e. The molecule has 6 heteroatoms. The highest BCUT2D eigenvalue weighted by Gasteiger charge is 2.36. The third-order valence-electron chi connectivity index (χ3n) is 4.70. The van der Waals surface area contributed by atoms with Crippen molar-refractivity contribution in [2.24, 2.45) is 5.10 Å². The van der Waals surface area contributed by atoms with Crippen LogP contribution in [0.4, 0.5) is 0 Å². The number of fused-ring (bicyclic) bond motifs is 1. The Hall–Kier alpha value is -2.21. The van der Waals surface area contributed by atoms with Crippen LogP contribution in [0.15, 0.2) is 47.6 Å². The third kappa shape index (κ3) is 2.82. The average Bonchev–Trinajstić information content (AvgIpc) is 2.94. The smallest absolute Gasteiger partial charge is 0.243 e. The number of nitrogens with zero attached hydrogens (tertiary/aromatic N) is 2. The van der Waals surface area contributed by atoms with Gasteiger partial charge in [-0.2, -0.15) is 5.10 Å². The molecule has 1 atom stereocenters. The molecule has 0 aliphatic carbocycles. The fraction of sp³-hybridized carbons (Fsp3) is 0.333. The van der Waals surface area contributed by atoms with Gasteiger partial charge in [0, 0.05) is 12.8 Å². The second-order valence-corrected chi connectivity index (χ2v) is 8.63. The number of carbonyl (C=O) groups is 1. The zero-order valence-corrected chi connectivity index (χ0v) is 14.0. The van der Waals surface area contributed by atoms with Crippen molar-refractivity contribution in [2.45, 2.75) is 25.3 Å². The van der Waals surface area contributed by atoms with Crippen molar-refractivity contribution in [3.05, 3.63) is 48.0 Å². The Bertz CT molecular complexity index is 950. The van der Waals surface area contributed by atoms with Gasteiger partial charge >= 0.3 is 0 Å². The Morgan fingerprint density at radius 2 is 1.83 bits per heavy atom. The lowest BCUT2D eigenvalue weighted by Gasteiger charge is -2.28. The van der Waals surface area contributed by atoms with E-state index in [2.05, 4.69) is 23.3 Å². The van der Waals surface area contributed by atoms with Gasteiger partial charge in [0.05, 0.1) is 23.3 Å². The molecule has 2 aromatic rings. The summed E-state index contributed by atoms with van der Waals surface area (Å²) in [5.74, 6) is 0.0804. The van der Waals surface area contributed by atoms with Gasteiger partial charge in [0.1, 0.15) is 0 Å². The molecule has 0 aromatic heterocycles. The molecular weight excluding hydrogens is 324 g/mol. The van der Waals surface area contributed by atoms with Crippen LogP contribution in [-0.2, 0) is 14.6 Å². The zero-order valence-electron chi connectivity index (χ0n) is 13.2. The fourth-order valence-electron chi connectivity index (χ4n) is 3.40. The van der Waals surface area contributed by atoms with Gasteiger partial charge in [-0.15, -0.1) is 0 Å². The van der Waals surface area contributed by atoms with E-state index in [0.717, 1.165) is 22.0 Å². The number of hydrogen-bond donors (Lipinski definition) is 0. The molecular formula is C18H18N2O3S. The predicted octanol–water partition coefficient (Wildman–Crippen LogP) is 2.35. The minimum absolute atomic E-state index is 0.0211. The Morgan fingerprint density at radius 1 is 1.04 bits per heavy atom. The number of benzene rings is 2.